The minimum atomic E-state index is -3.09. The van der Waals surface area contributed by atoms with E-state index in [9.17, 15) is 13.2 Å². The van der Waals surface area contributed by atoms with Crippen LogP contribution in [-0.4, -0.2) is 43.9 Å². The van der Waals surface area contributed by atoms with Crippen LogP contribution in [0.3, 0.4) is 0 Å². The number of carbonyl (C=O) groups excluding carboxylic acids is 1. The summed E-state index contributed by atoms with van der Waals surface area (Å²) in [6.45, 7) is 4.70. The van der Waals surface area contributed by atoms with Crippen LogP contribution >= 0.6 is 0 Å². The van der Waals surface area contributed by atoms with Crippen LogP contribution in [0.4, 0.5) is 0 Å². The van der Waals surface area contributed by atoms with E-state index in [-0.39, 0.29) is 23.5 Å². The van der Waals surface area contributed by atoms with Crippen molar-refractivity contribution < 1.29 is 17.9 Å². The molecular weight excluding hydrogens is 386 g/mol. The highest BCUT2D eigenvalue weighted by molar-refractivity contribution is 7.91. The minimum absolute atomic E-state index is 0.0281. The van der Waals surface area contributed by atoms with Gasteiger partial charge in [-0.2, -0.15) is 0 Å². The Morgan fingerprint density at radius 1 is 1.07 bits per heavy atom. The van der Waals surface area contributed by atoms with Crippen molar-refractivity contribution in [3.63, 3.8) is 0 Å². The number of methoxy groups -OCH3 is 1. The highest BCUT2D eigenvalue weighted by Gasteiger charge is 2.35. The van der Waals surface area contributed by atoms with Gasteiger partial charge < -0.3 is 9.64 Å². The molecule has 1 aliphatic rings. The molecule has 1 saturated heterocycles. The molecule has 2 aromatic carbocycles. The maximum atomic E-state index is 13.3. The Labute approximate surface area is 173 Å². The van der Waals surface area contributed by atoms with Crippen LogP contribution in [-0.2, 0) is 22.8 Å². The average Bonchev–Trinajstić information content (AvgIpc) is 3.05. The van der Waals surface area contributed by atoms with E-state index in [0.29, 0.717) is 24.4 Å². The summed E-state index contributed by atoms with van der Waals surface area (Å²) in [5.41, 5.74) is 2.73. The first kappa shape index (κ1) is 21.4. The number of sulfone groups is 1. The van der Waals surface area contributed by atoms with E-state index in [1.165, 1.54) is 5.56 Å². The van der Waals surface area contributed by atoms with Gasteiger partial charge in [0, 0.05) is 18.2 Å². The van der Waals surface area contributed by atoms with E-state index in [0.717, 1.165) is 17.7 Å². The second-order valence-electron chi connectivity index (χ2n) is 8.13. The molecule has 1 unspecified atom stereocenters. The molecule has 1 heterocycles. The van der Waals surface area contributed by atoms with Gasteiger partial charge in [-0.05, 0) is 54.2 Å². The van der Waals surface area contributed by atoms with Gasteiger partial charge in [-0.15, -0.1) is 0 Å². The minimum Gasteiger partial charge on any atom is -0.497 e. The van der Waals surface area contributed by atoms with E-state index in [2.05, 4.69) is 13.8 Å². The van der Waals surface area contributed by atoms with Gasteiger partial charge in [0.1, 0.15) is 5.75 Å². The number of nitrogens with zero attached hydrogens (tertiary/aromatic N) is 1. The van der Waals surface area contributed by atoms with Crippen LogP contribution in [0, 0.1) is 5.92 Å². The molecule has 0 spiro atoms. The predicted octanol–water partition coefficient (Wildman–Crippen LogP) is 3.72. The van der Waals surface area contributed by atoms with Gasteiger partial charge in [0.05, 0.1) is 18.6 Å². The number of hydrogen-bond acceptors (Lipinski definition) is 4. The summed E-state index contributed by atoms with van der Waals surface area (Å²) in [5, 5.41) is 0. The van der Waals surface area contributed by atoms with Crippen molar-refractivity contribution in [1.29, 1.82) is 0 Å². The molecule has 5 nitrogen and oxygen atoms in total. The van der Waals surface area contributed by atoms with Gasteiger partial charge in [-0.1, -0.05) is 38.1 Å². The quantitative estimate of drug-likeness (QED) is 0.691. The van der Waals surface area contributed by atoms with Crippen molar-refractivity contribution in [2.24, 2.45) is 5.92 Å². The summed E-state index contributed by atoms with van der Waals surface area (Å²) in [4.78, 5) is 15.0. The number of carbonyl (C=O) groups is 1. The predicted molar refractivity (Wildman–Crippen MR) is 115 cm³/mol. The third kappa shape index (κ3) is 5.60. The van der Waals surface area contributed by atoms with E-state index < -0.39 is 9.84 Å². The summed E-state index contributed by atoms with van der Waals surface area (Å²) < 4.78 is 29.3. The van der Waals surface area contributed by atoms with Gasteiger partial charge in [-0.25, -0.2) is 8.42 Å². The lowest BCUT2D eigenvalue weighted by Gasteiger charge is -2.28. The van der Waals surface area contributed by atoms with Gasteiger partial charge in [0.25, 0.3) is 5.91 Å². The smallest absolute Gasteiger partial charge is 0.254 e. The summed E-state index contributed by atoms with van der Waals surface area (Å²) in [6, 6.07) is 14.9. The number of amides is 1. The first-order valence-corrected chi connectivity index (χ1v) is 11.8. The molecule has 1 aliphatic heterocycles. The number of rotatable bonds is 7. The second kappa shape index (κ2) is 8.99. The van der Waals surface area contributed by atoms with Gasteiger partial charge in [0.2, 0.25) is 0 Å². The Kier molecular flexibility index (Phi) is 6.63. The molecule has 0 saturated carbocycles. The molecule has 1 fully saturated rings. The summed E-state index contributed by atoms with van der Waals surface area (Å²) in [7, 11) is -1.48. The van der Waals surface area contributed by atoms with Crippen LogP contribution in [0.5, 0.6) is 5.75 Å². The van der Waals surface area contributed by atoms with Crippen LogP contribution in [0.1, 0.15) is 41.8 Å². The largest absolute Gasteiger partial charge is 0.497 e. The van der Waals surface area contributed by atoms with E-state index in [1.807, 2.05) is 48.5 Å². The molecule has 1 atom stereocenters. The molecular formula is C23H29NO4S. The van der Waals surface area contributed by atoms with Crippen molar-refractivity contribution >= 4 is 15.7 Å². The molecule has 156 valence electrons. The maximum Gasteiger partial charge on any atom is 0.254 e. The Bertz CT molecular complexity index is 934. The molecule has 1 amide bonds. The van der Waals surface area contributed by atoms with E-state index in [4.69, 9.17) is 4.74 Å². The highest BCUT2D eigenvalue weighted by Crippen LogP contribution is 2.23. The molecule has 3 rings (SSSR count). The van der Waals surface area contributed by atoms with Crippen LogP contribution < -0.4 is 4.74 Å². The molecule has 0 aliphatic carbocycles. The summed E-state index contributed by atoms with van der Waals surface area (Å²) in [5.74, 6) is 1.33. The topological polar surface area (TPSA) is 63.7 Å². The Hall–Kier alpha value is -2.34. The molecule has 0 aromatic heterocycles. The Morgan fingerprint density at radius 2 is 1.69 bits per heavy atom. The monoisotopic (exact) mass is 415 g/mol. The van der Waals surface area contributed by atoms with Crippen molar-refractivity contribution in [3.05, 3.63) is 65.2 Å². The average molecular weight is 416 g/mol. The van der Waals surface area contributed by atoms with Crippen molar-refractivity contribution in [3.8, 4) is 5.75 Å². The SMILES string of the molecule is COc1ccc(CN(C(=O)c2ccc(CC(C)C)cc2)C2CCS(=O)(=O)C2)cc1. The van der Waals surface area contributed by atoms with Gasteiger partial charge >= 0.3 is 0 Å². The van der Waals surface area contributed by atoms with Crippen LogP contribution in [0.15, 0.2) is 48.5 Å². The second-order valence-corrected chi connectivity index (χ2v) is 10.4. The summed E-state index contributed by atoms with van der Waals surface area (Å²) in [6.07, 6.45) is 1.45. The van der Waals surface area contributed by atoms with E-state index >= 15 is 0 Å². The van der Waals surface area contributed by atoms with Crippen LogP contribution in [0.25, 0.3) is 0 Å². The molecule has 0 radical (unpaired) electrons. The van der Waals surface area contributed by atoms with Gasteiger partial charge in [-0.3, -0.25) is 4.79 Å². The van der Waals surface area contributed by atoms with Gasteiger partial charge in [0.15, 0.2) is 9.84 Å². The zero-order valence-electron chi connectivity index (χ0n) is 17.3. The standard InChI is InChI=1S/C23H29NO4S/c1-17(2)14-18-4-8-20(9-5-18)23(25)24(21-12-13-29(26,27)16-21)15-19-6-10-22(28-3)11-7-19/h4-11,17,21H,12-16H2,1-3H3. The zero-order valence-corrected chi connectivity index (χ0v) is 18.1. The lowest BCUT2D eigenvalue weighted by Crippen LogP contribution is -2.40. The molecule has 6 heteroatoms. The highest BCUT2D eigenvalue weighted by atomic mass is 32.2. The molecule has 0 bridgehead atoms. The normalized spacial score (nSPS) is 18.0. The number of hydrogen-bond donors (Lipinski definition) is 0. The third-order valence-corrected chi connectivity index (χ3v) is 7.02. The molecule has 0 N–H and O–H groups in total. The zero-order chi connectivity index (χ0) is 21.0. The first-order valence-electron chi connectivity index (χ1n) is 10.0. The molecule has 2 aromatic rings. The lowest BCUT2D eigenvalue weighted by atomic mass is 10.0. The Morgan fingerprint density at radius 3 is 2.21 bits per heavy atom. The fourth-order valence-corrected chi connectivity index (χ4v) is 5.47. The van der Waals surface area contributed by atoms with Crippen molar-refractivity contribution in [1.82, 2.24) is 4.90 Å². The fraction of sp³-hybridized carbons (Fsp3) is 0.435. The maximum absolute atomic E-state index is 13.3. The number of ether oxygens (including phenoxy) is 1. The third-order valence-electron chi connectivity index (χ3n) is 5.27. The lowest BCUT2D eigenvalue weighted by molar-refractivity contribution is 0.0681. The molecule has 29 heavy (non-hydrogen) atoms. The van der Waals surface area contributed by atoms with E-state index in [1.54, 1.807) is 12.0 Å². The summed E-state index contributed by atoms with van der Waals surface area (Å²) >= 11 is 0. The van der Waals surface area contributed by atoms with Crippen LogP contribution in [0.2, 0.25) is 0 Å². The number of benzene rings is 2. The van der Waals surface area contributed by atoms with Crippen molar-refractivity contribution in [2.45, 2.75) is 39.3 Å². The first-order chi connectivity index (χ1) is 13.8. The van der Waals surface area contributed by atoms with Crippen molar-refractivity contribution in [2.75, 3.05) is 18.6 Å². The Balaban J connectivity index is 1.84. The fourth-order valence-electron chi connectivity index (χ4n) is 3.74.